The molecule has 1 fully saturated rings. The fourth-order valence-electron chi connectivity index (χ4n) is 3.30. The predicted molar refractivity (Wildman–Crippen MR) is 115 cm³/mol. The molecule has 1 amide bonds. The summed E-state index contributed by atoms with van der Waals surface area (Å²) in [6, 6.07) is 17.7. The molecule has 4 nitrogen and oxygen atoms in total. The summed E-state index contributed by atoms with van der Waals surface area (Å²) in [6.45, 7) is 4.31. The number of nitriles is 1. The van der Waals surface area contributed by atoms with Crippen molar-refractivity contribution >= 4 is 29.3 Å². The van der Waals surface area contributed by atoms with Crippen LogP contribution in [0.15, 0.2) is 48.5 Å². The van der Waals surface area contributed by atoms with Gasteiger partial charge in [0, 0.05) is 43.5 Å². The van der Waals surface area contributed by atoms with Gasteiger partial charge in [0.15, 0.2) is 0 Å². The average Bonchev–Trinajstić information content (AvgIpc) is 2.94. The fourth-order valence-corrected chi connectivity index (χ4v) is 4.38. The summed E-state index contributed by atoms with van der Waals surface area (Å²) in [5.74, 6) is 1.51. The Morgan fingerprint density at radius 3 is 2.64 bits per heavy atom. The van der Waals surface area contributed by atoms with E-state index in [-0.39, 0.29) is 5.91 Å². The maximum atomic E-state index is 12.6. The smallest absolute Gasteiger partial charge is 0.232 e. The van der Waals surface area contributed by atoms with Gasteiger partial charge in [0.25, 0.3) is 0 Å². The first-order chi connectivity index (χ1) is 13.6. The average molecular weight is 414 g/mol. The summed E-state index contributed by atoms with van der Waals surface area (Å²) in [4.78, 5) is 16.9. The second-order valence-electron chi connectivity index (χ2n) is 6.94. The SMILES string of the molecule is N#Cc1ccc(CN2CCCN(C(=O)CSCc3cccc(Cl)c3)CC2)cc1. The highest BCUT2D eigenvalue weighted by Crippen LogP contribution is 2.17. The minimum Gasteiger partial charge on any atom is -0.341 e. The molecule has 2 aromatic rings. The monoisotopic (exact) mass is 413 g/mol. The minimum absolute atomic E-state index is 0.215. The molecule has 0 aliphatic carbocycles. The van der Waals surface area contributed by atoms with E-state index >= 15 is 0 Å². The van der Waals surface area contributed by atoms with Crippen molar-refractivity contribution in [1.29, 1.82) is 5.26 Å². The molecule has 0 unspecified atom stereocenters. The van der Waals surface area contributed by atoms with E-state index in [1.807, 2.05) is 53.4 Å². The molecule has 146 valence electrons. The Bertz CT molecular complexity index is 834. The normalized spacial score (nSPS) is 15.1. The predicted octanol–water partition coefficient (Wildman–Crippen LogP) is 4.18. The zero-order valence-electron chi connectivity index (χ0n) is 15.8. The Balaban J connectivity index is 1.43. The van der Waals surface area contributed by atoms with Crippen LogP contribution < -0.4 is 0 Å². The maximum Gasteiger partial charge on any atom is 0.232 e. The topological polar surface area (TPSA) is 47.3 Å². The summed E-state index contributed by atoms with van der Waals surface area (Å²) >= 11 is 7.65. The summed E-state index contributed by atoms with van der Waals surface area (Å²) in [5.41, 5.74) is 3.04. The van der Waals surface area contributed by atoms with Gasteiger partial charge < -0.3 is 4.90 Å². The van der Waals surface area contributed by atoms with Crippen molar-refractivity contribution in [2.75, 3.05) is 31.9 Å². The van der Waals surface area contributed by atoms with Gasteiger partial charge in [0.05, 0.1) is 17.4 Å². The van der Waals surface area contributed by atoms with Crippen LogP contribution in [-0.2, 0) is 17.1 Å². The number of rotatable bonds is 6. The molecular formula is C22H24ClN3OS. The summed E-state index contributed by atoms with van der Waals surface area (Å²) in [5, 5.41) is 9.64. The molecule has 28 heavy (non-hydrogen) atoms. The van der Waals surface area contributed by atoms with Crippen molar-refractivity contribution in [3.8, 4) is 6.07 Å². The highest BCUT2D eigenvalue weighted by atomic mass is 35.5. The van der Waals surface area contributed by atoms with Gasteiger partial charge in [-0.15, -0.1) is 11.8 Å². The number of hydrogen-bond donors (Lipinski definition) is 0. The van der Waals surface area contributed by atoms with Gasteiger partial charge in [-0.25, -0.2) is 0 Å². The molecule has 0 N–H and O–H groups in total. The van der Waals surface area contributed by atoms with Crippen LogP contribution in [0.3, 0.4) is 0 Å². The third-order valence-corrected chi connectivity index (χ3v) is 6.04. The third kappa shape index (κ3) is 6.27. The fraction of sp³-hybridized carbons (Fsp3) is 0.364. The highest BCUT2D eigenvalue weighted by molar-refractivity contribution is 7.99. The molecular weight excluding hydrogens is 390 g/mol. The molecule has 1 aliphatic heterocycles. The first kappa shape index (κ1) is 20.7. The van der Waals surface area contributed by atoms with Gasteiger partial charge in [0.2, 0.25) is 5.91 Å². The second kappa shape index (κ2) is 10.5. The zero-order chi connectivity index (χ0) is 19.8. The van der Waals surface area contributed by atoms with Crippen LogP contribution >= 0.6 is 23.4 Å². The van der Waals surface area contributed by atoms with Crippen LogP contribution in [0.5, 0.6) is 0 Å². The first-order valence-electron chi connectivity index (χ1n) is 9.45. The zero-order valence-corrected chi connectivity index (χ0v) is 17.4. The van der Waals surface area contributed by atoms with Crippen LogP contribution in [0.1, 0.15) is 23.1 Å². The number of halogens is 1. The summed E-state index contributed by atoms with van der Waals surface area (Å²) in [7, 11) is 0. The Morgan fingerprint density at radius 2 is 1.89 bits per heavy atom. The Labute approximate surface area is 176 Å². The van der Waals surface area contributed by atoms with Crippen molar-refractivity contribution in [3.63, 3.8) is 0 Å². The van der Waals surface area contributed by atoms with Crippen LogP contribution in [0.2, 0.25) is 5.02 Å². The molecule has 3 rings (SSSR count). The van der Waals surface area contributed by atoms with E-state index in [4.69, 9.17) is 16.9 Å². The Morgan fingerprint density at radius 1 is 1.07 bits per heavy atom. The van der Waals surface area contributed by atoms with E-state index in [2.05, 4.69) is 11.0 Å². The van der Waals surface area contributed by atoms with Gasteiger partial charge in [0.1, 0.15) is 0 Å². The molecule has 0 bridgehead atoms. The van der Waals surface area contributed by atoms with Gasteiger partial charge >= 0.3 is 0 Å². The van der Waals surface area contributed by atoms with Crippen molar-refractivity contribution in [1.82, 2.24) is 9.80 Å². The van der Waals surface area contributed by atoms with Gasteiger partial charge in [-0.3, -0.25) is 9.69 Å². The van der Waals surface area contributed by atoms with Crippen LogP contribution in [-0.4, -0.2) is 47.6 Å². The van der Waals surface area contributed by atoms with Crippen molar-refractivity contribution in [2.45, 2.75) is 18.7 Å². The molecule has 0 atom stereocenters. The highest BCUT2D eigenvalue weighted by Gasteiger charge is 2.19. The van der Waals surface area contributed by atoms with Crippen LogP contribution in [0, 0.1) is 11.3 Å². The molecule has 0 radical (unpaired) electrons. The number of carbonyl (C=O) groups excluding carboxylic acids is 1. The first-order valence-corrected chi connectivity index (χ1v) is 11.0. The summed E-state index contributed by atoms with van der Waals surface area (Å²) in [6.07, 6.45) is 0.987. The molecule has 1 aliphatic rings. The van der Waals surface area contributed by atoms with E-state index in [1.165, 1.54) is 5.56 Å². The number of nitrogens with zero attached hydrogens (tertiary/aromatic N) is 3. The van der Waals surface area contributed by atoms with E-state index in [0.29, 0.717) is 11.3 Å². The molecule has 0 aromatic heterocycles. The van der Waals surface area contributed by atoms with Crippen molar-refractivity contribution in [3.05, 3.63) is 70.2 Å². The number of hydrogen-bond acceptors (Lipinski definition) is 4. The molecule has 6 heteroatoms. The molecule has 0 saturated carbocycles. The Kier molecular flexibility index (Phi) is 7.79. The van der Waals surface area contributed by atoms with Crippen molar-refractivity contribution < 1.29 is 4.79 Å². The van der Waals surface area contributed by atoms with Gasteiger partial charge in [-0.05, 0) is 41.8 Å². The largest absolute Gasteiger partial charge is 0.341 e. The number of benzene rings is 2. The lowest BCUT2D eigenvalue weighted by molar-refractivity contribution is -0.128. The Hall–Kier alpha value is -2.00. The lowest BCUT2D eigenvalue weighted by Crippen LogP contribution is -2.36. The molecule has 1 saturated heterocycles. The second-order valence-corrected chi connectivity index (χ2v) is 8.36. The van der Waals surface area contributed by atoms with E-state index in [0.717, 1.165) is 55.5 Å². The number of carbonyl (C=O) groups is 1. The number of thioether (sulfide) groups is 1. The minimum atomic E-state index is 0.215. The van der Waals surface area contributed by atoms with Crippen molar-refractivity contribution in [2.24, 2.45) is 0 Å². The number of amides is 1. The summed E-state index contributed by atoms with van der Waals surface area (Å²) < 4.78 is 0. The van der Waals surface area contributed by atoms with E-state index < -0.39 is 0 Å². The maximum absolute atomic E-state index is 12.6. The van der Waals surface area contributed by atoms with Gasteiger partial charge in [-0.1, -0.05) is 35.9 Å². The molecule has 0 spiro atoms. The lowest BCUT2D eigenvalue weighted by atomic mass is 10.1. The van der Waals surface area contributed by atoms with Crippen LogP contribution in [0.4, 0.5) is 0 Å². The molecule has 2 aromatic carbocycles. The van der Waals surface area contributed by atoms with Crippen LogP contribution in [0.25, 0.3) is 0 Å². The van der Waals surface area contributed by atoms with E-state index in [1.54, 1.807) is 11.8 Å². The standard InChI is InChI=1S/C22H24ClN3OS/c23-21-4-1-3-20(13-21)16-28-17-22(27)26-10-2-9-25(11-12-26)15-19-7-5-18(14-24)6-8-19/h1,3-8,13H,2,9-12,15-17H2. The lowest BCUT2D eigenvalue weighted by Gasteiger charge is -2.22. The molecule has 1 heterocycles. The third-order valence-electron chi connectivity index (χ3n) is 4.81. The van der Waals surface area contributed by atoms with E-state index in [9.17, 15) is 4.79 Å². The quantitative estimate of drug-likeness (QED) is 0.712. The van der Waals surface area contributed by atoms with Gasteiger partial charge in [-0.2, -0.15) is 5.26 Å².